The predicted molar refractivity (Wildman–Crippen MR) is 180 cm³/mol. The molecule has 5 aromatic rings. The topological polar surface area (TPSA) is 120 Å². The minimum absolute atomic E-state index is 0.0773. The molecule has 0 bridgehead atoms. The molecule has 1 saturated heterocycles. The zero-order valence-corrected chi connectivity index (χ0v) is 26.5. The number of halogens is 3. The fourth-order valence-electron chi connectivity index (χ4n) is 5.72. The molecule has 11 nitrogen and oxygen atoms in total. The number of nitrogens with zero attached hydrogens (tertiary/aromatic N) is 6. The molecule has 3 N–H and O–H groups in total. The van der Waals surface area contributed by atoms with Crippen molar-refractivity contribution in [2.24, 2.45) is 0 Å². The van der Waals surface area contributed by atoms with Crippen molar-refractivity contribution in [3.05, 3.63) is 84.8 Å². The molecule has 248 valence electrons. The highest BCUT2D eigenvalue weighted by molar-refractivity contribution is 6.08. The second kappa shape index (κ2) is 13.7. The normalized spacial score (nSPS) is 15.0. The second-order valence-corrected chi connectivity index (χ2v) is 11.5. The number of piperidine rings is 1. The van der Waals surface area contributed by atoms with Gasteiger partial charge in [-0.25, -0.2) is 19.7 Å². The maximum absolute atomic E-state index is 13.7. The van der Waals surface area contributed by atoms with Crippen molar-refractivity contribution in [1.29, 1.82) is 0 Å². The van der Waals surface area contributed by atoms with E-state index in [2.05, 4.69) is 40.8 Å². The summed E-state index contributed by atoms with van der Waals surface area (Å²) >= 11 is 0. The lowest BCUT2D eigenvalue weighted by Gasteiger charge is -2.38. The molecule has 1 fully saturated rings. The Kier molecular flexibility index (Phi) is 9.26. The van der Waals surface area contributed by atoms with Crippen molar-refractivity contribution in [3.8, 4) is 23.0 Å². The van der Waals surface area contributed by atoms with Crippen LogP contribution in [0.2, 0.25) is 0 Å². The highest BCUT2D eigenvalue weighted by Gasteiger charge is 2.32. The zero-order valence-electron chi connectivity index (χ0n) is 26.5. The number of hydrogen-bond donors (Lipinski definition) is 3. The van der Waals surface area contributed by atoms with Gasteiger partial charge in [-0.3, -0.25) is 0 Å². The number of carbonyl (C=O) groups excluding carboxylic acids is 1. The summed E-state index contributed by atoms with van der Waals surface area (Å²) in [6.07, 6.45) is 0.270. The minimum Gasteiger partial charge on any atom is -0.438 e. The van der Waals surface area contributed by atoms with Crippen molar-refractivity contribution in [2.75, 3.05) is 55.1 Å². The number of nitrogens with one attached hydrogen (secondary N) is 3. The Morgan fingerprint density at radius 1 is 0.958 bits per heavy atom. The van der Waals surface area contributed by atoms with Gasteiger partial charge in [0.05, 0.1) is 28.2 Å². The predicted octanol–water partition coefficient (Wildman–Crippen LogP) is 7.11. The summed E-state index contributed by atoms with van der Waals surface area (Å²) in [5, 5.41) is 9.72. The van der Waals surface area contributed by atoms with Gasteiger partial charge in [-0.05, 0) is 69.4 Å². The van der Waals surface area contributed by atoms with Crippen LogP contribution in [0, 0.1) is 0 Å². The lowest BCUT2D eigenvalue weighted by Crippen LogP contribution is -2.45. The lowest BCUT2D eigenvalue weighted by molar-refractivity contribution is -0.137. The molecule has 2 aromatic heterocycles. The SMILES string of the molecule is CNc1ncnc(-c2cccnc2Oc2ccc(NC(=O)Nc3cc(C(F)(F)F)ccc3N3CCCC(N(C)C)C3)c3ccccc23)n1. The fraction of sp³-hybridized carbons (Fsp3) is 0.265. The van der Waals surface area contributed by atoms with Crippen molar-refractivity contribution < 1.29 is 22.7 Å². The summed E-state index contributed by atoms with van der Waals surface area (Å²) in [6.45, 7) is 1.29. The number of benzene rings is 3. The summed E-state index contributed by atoms with van der Waals surface area (Å²) in [5.74, 6) is 1.48. The number of amides is 2. The highest BCUT2D eigenvalue weighted by atomic mass is 19.4. The van der Waals surface area contributed by atoms with E-state index < -0.39 is 17.8 Å². The van der Waals surface area contributed by atoms with Crippen LogP contribution in [0.25, 0.3) is 22.2 Å². The summed E-state index contributed by atoms with van der Waals surface area (Å²) < 4.78 is 47.5. The van der Waals surface area contributed by atoms with Gasteiger partial charge in [0.2, 0.25) is 11.8 Å². The molecule has 1 atom stereocenters. The number of anilines is 4. The van der Waals surface area contributed by atoms with Crippen LogP contribution in [0.15, 0.2) is 79.3 Å². The molecule has 14 heteroatoms. The molecular formula is C34H34F3N9O2. The zero-order chi connectivity index (χ0) is 33.8. The largest absolute Gasteiger partial charge is 0.438 e. The van der Waals surface area contributed by atoms with Crippen LogP contribution in [0.1, 0.15) is 18.4 Å². The average molecular weight is 658 g/mol. The van der Waals surface area contributed by atoms with E-state index in [1.807, 2.05) is 43.3 Å². The number of carbonyl (C=O) groups is 1. The summed E-state index contributed by atoms with van der Waals surface area (Å²) in [5.41, 5.74) is 0.748. The van der Waals surface area contributed by atoms with E-state index in [4.69, 9.17) is 4.74 Å². The van der Waals surface area contributed by atoms with E-state index in [0.717, 1.165) is 25.0 Å². The first kappa shape index (κ1) is 32.4. The molecule has 48 heavy (non-hydrogen) atoms. The lowest BCUT2D eigenvalue weighted by atomic mass is 10.0. The third kappa shape index (κ3) is 7.08. The Morgan fingerprint density at radius 3 is 2.52 bits per heavy atom. The summed E-state index contributed by atoms with van der Waals surface area (Å²) in [6, 6.07) is 17.2. The number of ether oxygens (including phenoxy) is 1. The number of fused-ring (bicyclic) bond motifs is 1. The fourth-order valence-corrected chi connectivity index (χ4v) is 5.72. The quantitative estimate of drug-likeness (QED) is 0.160. The number of hydrogen-bond acceptors (Lipinski definition) is 9. The van der Waals surface area contributed by atoms with Gasteiger partial charge in [0, 0.05) is 43.1 Å². The minimum atomic E-state index is -4.57. The average Bonchev–Trinajstić information content (AvgIpc) is 3.09. The number of urea groups is 1. The van der Waals surface area contributed by atoms with Crippen LogP contribution in [0.4, 0.5) is 41.0 Å². The molecule has 3 aromatic carbocycles. The molecule has 0 spiro atoms. The smallest absolute Gasteiger partial charge is 0.416 e. The number of aromatic nitrogens is 4. The van der Waals surface area contributed by atoms with Crippen LogP contribution < -0.4 is 25.6 Å². The Labute approximate surface area is 275 Å². The Morgan fingerprint density at radius 2 is 1.75 bits per heavy atom. The van der Waals surface area contributed by atoms with Gasteiger partial charge in [0.1, 0.15) is 12.1 Å². The molecule has 0 saturated carbocycles. The molecule has 6 rings (SSSR count). The van der Waals surface area contributed by atoms with Gasteiger partial charge in [-0.1, -0.05) is 24.3 Å². The molecular weight excluding hydrogens is 623 g/mol. The van der Waals surface area contributed by atoms with Gasteiger partial charge in [-0.15, -0.1) is 0 Å². The van der Waals surface area contributed by atoms with Gasteiger partial charge < -0.3 is 30.5 Å². The van der Waals surface area contributed by atoms with E-state index in [9.17, 15) is 18.0 Å². The van der Waals surface area contributed by atoms with E-state index in [1.54, 1.807) is 37.5 Å². The third-order valence-electron chi connectivity index (χ3n) is 8.19. The van der Waals surface area contributed by atoms with Crippen LogP contribution in [-0.4, -0.2) is 71.1 Å². The van der Waals surface area contributed by atoms with Gasteiger partial charge in [-0.2, -0.15) is 18.2 Å². The van der Waals surface area contributed by atoms with Crippen molar-refractivity contribution in [2.45, 2.75) is 25.1 Å². The van der Waals surface area contributed by atoms with Gasteiger partial charge in [0.25, 0.3) is 0 Å². The van der Waals surface area contributed by atoms with E-state index >= 15 is 0 Å². The second-order valence-electron chi connectivity index (χ2n) is 11.5. The van der Waals surface area contributed by atoms with Crippen LogP contribution in [-0.2, 0) is 6.18 Å². The van der Waals surface area contributed by atoms with Crippen molar-refractivity contribution >= 4 is 39.8 Å². The monoisotopic (exact) mass is 657 g/mol. The number of rotatable bonds is 8. The van der Waals surface area contributed by atoms with Gasteiger partial charge >= 0.3 is 12.2 Å². The van der Waals surface area contributed by atoms with Crippen LogP contribution in [0.3, 0.4) is 0 Å². The highest BCUT2D eigenvalue weighted by Crippen LogP contribution is 2.39. The van der Waals surface area contributed by atoms with Crippen molar-refractivity contribution in [3.63, 3.8) is 0 Å². The Balaban J connectivity index is 1.28. The molecule has 1 unspecified atom stereocenters. The first-order valence-corrected chi connectivity index (χ1v) is 15.3. The van der Waals surface area contributed by atoms with E-state index in [-0.39, 0.29) is 17.6 Å². The Hall–Kier alpha value is -5.50. The maximum Gasteiger partial charge on any atom is 0.416 e. The summed E-state index contributed by atoms with van der Waals surface area (Å²) in [4.78, 5) is 34.7. The third-order valence-corrected chi connectivity index (χ3v) is 8.19. The first-order valence-electron chi connectivity index (χ1n) is 15.3. The molecule has 0 radical (unpaired) electrons. The molecule has 1 aliphatic heterocycles. The van der Waals surface area contributed by atoms with Gasteiger partial charge in [0.15, 0.2) is 5.82 Å². The number of likely N-dealkylation sites (N-methyl/N-ethyl adjacent to an activating group) is 1. The van der Waals surface area contributed by atoms with Crippen LogP contribution >= 0.6 is 0 Å². The molecule has 3 heterocycles. The number of pyridine rings is 1. The van der Waals surface area contributed by atoms with E-state index in [0.29, 0.717) is 58.3 Å². The standard InChI is InChI=1S/C34H34F3N9O2/c1-38-32-41-20-40-30(44-32)25-11-6-16-39-31(25)48-29-15-13-26(23-9-4-5-10-24(23)29)42-33(47)43-27-18-21(34(35,36)37)12-14-28(27)46-17-7-8-22(19-46)45(2)3/h4-6,9-16,18,20,22H,7-8,17,19H2,1-3H3,(H2,42,43,47)(H,38,40,41,44). The molecule has 2 amide bonds. The molecule has 0 aliphatic carbocycles. The number of alkyl halides is 3. The maximum atomic E-state index is 13.7. The molecule has 1 aliphatic rings. The summed E-state index contributed by atoms with van der Waals surface area (Å²) in [7, 11) is 5.67. The van der Waals surface area contributed by atoms with Crippen LogP contribution in [0.5, 0.6) is 11.6 Å². The Bertz CT molecular complexity index is 1940. The first-order chi connectivity index (χ1) is 23.1. The van der Waals surface area contributed by atoms with E-state index in [1.165, 1.54) is 12.4 Å². The van der Waals surface area contributed by atoms with Crippen molar-refractivity contribution in [1.82, 2.24) is 24.8 Å².